The number of carbonyl (C=O) groups excluding carboxylic acids is 2. The van der Waals surface area contributed by atoms with E-state index < -0.39 is 11.6 Å². The first-order valence-corrected chi connectivity index (χ1v) is 12.5. The number of piperidine rings is 1. The van der Waals surface area contributed by atoms with E-state index in [9.17, 15) is 9.59 Å². The fraction of sp³-hybridized carbons (Fsp3) is 0.478. The van der Waals surface area contributed by atoms with E-state index in [-0.39, 0.29) is 11.2 Å². The van der Waals surface area contributed by atoms with Gasteiger partial charge in [0, 0.05) is 43.2 Å². The molecule has 0 radical (unpaired) electrons. The molecule has 12 heteroatoms. The lowest BCUT2D eigenvalue weighted by molar-refractivity contribution is -0.145. The third-order valence-electron chi connectivity index (χ3n) is 6.14. The van der Waals surface area contributed by atoms with Gasteiger partial charge in [-0.1, -0.05) is 54.9 Å². The zero-order valence-electron chi connectivity index (χ0n) is 19.9. The SMILES string of the molecule is CC(=O)On1nnc(-c2sc(N3CCC4(CC3)CC(=O)c3c(Cl)cccc3O4)nc2C(C)(C)C)n1. The molecule has 5 rings (SSSR count). The standard InChI is InChI=1S/C23H25ClN6O4S/c1-13(31)34-30-27-20(26-28-30)18-19(22(2,3)4)25-21(35-18)29-10-8-23(9-11-29)12-15(32)17-14(24)6-5-7-16(17)33-23/h5-7H,8-12H2,1-4H3. The molecule has 4 heterocycles. The van der Waals surface area contributed by atoms with E-state index in [2.05, 4.69) is 41.1 Å². The Bertz CT molecular complexity index is 1310. The van der Waals surface area contributed by atoms with Gasteiger partial charge in [0.25, 0.3) is 0 Å². The highest BCUT2D eigenvalue weighted by Gasteiger charge is 2.44. The van der Waals surface area contributed by atoms with Crippen LogP contribution in [0, 0.1) is 0 Å². The van der Waals surface area contributed by atoms with Crippen LogP contribution < -0.4 is 14.5 Å². The van der Waals surface area contributed by atoms with Crippen molar-refractivity contribution in [3.63, 3.8) is 0 Å². The lowest BCUT2D eigenvalue weighted by Crippen LogP contribution is -2.51. The van der Waals surface area contributed by atoms with Crippen molar-refractivity contribution in [3.05, 3.63) is 34.5 Å². The Morgan fingerprint density at radius 3 is 2.69 bits per heavy atom. The summed E-state index contributed by atoms with van der Waals surface area (Å²) in [6.45, 7) is 8.86. The zero-order valence-corrected chi connectivity index (χ0v) is 21.4. The second-order valence-corrected chi connectivity index (χ2v) is 11.2. The van der Waals surface area contributed by atoms with Gasteiger partial charge in [0.2, 0.25) is 5.82 Å². The molecule has 0 atom stereocenters. The molecule has 0 bridgehead atoms. The van der Waals surface area contributed by atoms with Crippen LogP contribution in [0.5, 0.6) is 5.75 Å². The van der Waals surface area contributed by atoms with Crippen LogP contribution in [-0.2, 0) is 10.2 Å². The maximum absolute atomic E-state index is 12.9. The first-order chi connectivity index (χ1) is 16.5. The van der Waals surface area contributed by atoms with Crippen LogP contribution >= 0.6 is 22.9 Å². The number of halogens is 1. The number of aromatic nitrogens is 5. The molecule has 1 saturated heterocycles. The molecular formula is C23H25ClN6O4S. The molecule has 0 unspecified atom stereocenters. The topological polar surface area (TPSA) is 112 Å². The number of thiazole rings is 1. The molecule has 1 fully saturated rings. The molecule has 3 aromatic rings. The molecule has 0 N–H and O–H groups in total. The fourth-order valence-corrected chi connectivity index (χ4v) is 5.97. The van der Waals surface area contributed by atoms with E-state index in [0.717, 1.165) is 20.7 Å². The summed E-state index contributed by atoms with van der Waals surface area (Å²) >= 11 is 7.72. The lowest BCUT2D eigenvalue weighted by atomic mass is 9.82. The number of tetrazole rings is 1. The van der Waals surface area contributed by atoms with Crippen LogP contribution in [0.15, 0.2) is 18.2 Å². The zero-order chi connectivity index (χ0) is 25.0. The summed E-state index contributed by atoms with van der Waals surface area (Å²) in [5.41, 5.74) is 0.520. The van der Waals surface area contributed by atoms with Gasteiger partial charge in [0.05, 0.1) is 22.7 Å². The van der Waals surface area contributed by atoms with Gasteiger partial charge in [-0.15, -0.1) is 5.10 Å². The minimum atomic E-state index is -0.537. The first-order valence-electron chi connectivity index (χ1n) is 11.3. The number of fused-ring (bicyclic) bond motifs is 1. The van der Waals surface area contributed by atoms with Crippen LogP contribution in [0.25, 0.3) is 10.7 Å². The minimum Gasteiger partial charge on any atom is -0.486 e. The average Bonchev–Trinajstić information content (AvgIpc) is 3.40. The summed E-state index contributed by atoms with van der Waals surface area (Å²) in [4.78, 5) is 37.7. The quantitative estimate of drug-likeness (QED) is 0.480. The molecule has 2 aromatic heterocycles. The number of ketones is 1. The molecule has 0 amide bonds. The molecule has 35 heavy (non-hydrogen) atoms. The third kappa shape index (κ3) is 4.50. The van der Waals surface area contributed by atoms with Crippen molar-refractivity contribution in [3.8, 4) is 16.5 Å². The smallest absolute Gasteiger partial charge is 0.333 e. The normalized spacial score (nSPS) is 17.3. The highest BCUT2D eigenvalue weighted by Crippen LogP contribution is 2.44. The van der Waals surface area contributed by atoms with Crippen molar-refractivity contribution in [1.82, 2.24) is 25.4 Å². The number of ether oxygens (including phenoxy) is 1. The summed E-state index contributed by atoms with van der Waals surface area (Å²) in [6.07, 6.45) is 1.69. The van der Waals surface area contributed by atoms with E-state index in [4.69, 9.17) is 26.2 Å². The van der Waals surface area contributed by atoms with Crippen LogP contribution in [0.1, 0.15) is 63.0 Å². The Morgan fingerprint density at radius 1 is 1.26 bits per heavy atom. The Balaban J connectivity index is 1.38. The van der Waals surface area contributed by atoms with Gasteiger partial charge >= 0.3 is 5.97 Å². The Hall–Kier alpha value is -3.05. The van der Waals surface area contributed by atoms with E-state index in [1.165, 1.54) is 18.3 Å². The van der Waals surface area contributed by atoms with Crippen LogP contribution in [0.4, 0.5) is 5.13 Å². The Labute approximate surface area is 211 Å². The van der Waals surface area contributed by atoms with E-state index >= 15 is 0 Å². The van der Waals surface area contributed by atoms with E-state index in [0.29, 0.717) is 54.5 Å². The van der Waals surface area contributed by atoms with E-state index in [1.807, 2.05) is 6.07 Å². The van der Waals surface area contributed by atoms with Crippen molar-refractivity contribution in [2.45, 2.75) is 58.0 Å². The van der Waals surface area contributed by atoms with Gasteiger partial charge in [-0.05, 0) is 17.3 Å². The maximum Gasteiger partial charge on any atom is 0.333 e. The Kier molecular flexibility index (Phi) is 5.79. The fourth-order valence-electron chi connectivity index (χ4n) is 4.44. The summed E-state index contributed by atoms with van der Waals surface area (Å²) in [5, 5.41) is 13.3. The number of carbonyl (C=O) groups is 2. The Morgan fingerprint density at radius 2 is 2.00 bits per heavy atom. The average molecular weight is 517 g/mol. The van der Waals surface area contributed by atoms with Gasteiger partial charge in [0.15, 0.2) is 10.9 Å². The van der Waals surface area contributed by atoms with Crippen molar-refractivity contribution < 1.29 is 19.2 Å². The van der Waals surface area contributed by atoms with Crippen LogP contribution in [0.2, 0.25) is 5.02 Å². The predicted octanol–water partition coefficient (Wildman–Crippen LogP) is 3.73. The maximum atomic E-state index is 12.9. The number of Topliss-reactive ketones (excluding diaryl/α,β-unsaturated/α-hetero) is 1. The van der Waals surface area contributed by atoms with Gasteiger partial charge in [0.1, 0.15) is 16.2 Å². The number of hydrogen-bond donors (Lipinski definition) is 0. The second-order valence-electron chi connectivity index (χ2n) is 9.86. The van der Waals surface area contributed by atoms with Crippen LogP contribution in [0.3, 0.4) is 0 Å². The summed E-state index contributed by atoms with van der Waals surface area (Å²) in [7, 11) is 0. The van der Waals surface area contributed by atoms with Gasteiger partial charge in [-0.2, -0.15) is 0 Å². The lowest BCUT2D eigenvalue weighted by Gasteiger charge is -2.44. The predicted molar refractivity (Wildman–Crippen MR) is 130 cm³/mol. The monoisotopic (exact) mass is 516 g/mol. The van der Waals surface area contributed by atoms with E-state index in [1.54, 1.807) is 12.1 Å². The molecule has 1 spiro atoms. The minimum absolute atomic E-state index is 0.0267. The molecule has 0 aliphatic carbocycles. The molecule has 1 aromatic carbocycles. The first kappa shape index (κ1) is 23.7. The molecular weight excluding hydrogens is 492 g/mol. The summed E-state index contributed by atoms with van der Waals surface area (Å²) in [6, 6.07) is 5.33. The number of rotatable bonds is 3. The molecule has 0 saturated carbocycles. The second kappa shape index (κ2) is 8.56. The van der Waals surface area contributed by atoms with Crippen molar-refractivity contribution >= 4 is 39.8 Å². The number of hydrogen-bond acceptors (Lipinski definition) is 10. The molecule has 2 aliphatic rings. The van der Waals surface area contributed by atoms with Crippen molar-refractivity contribution in [2.75, 3.05) is 18.0 Å². The van der Waals surface area contributed by atoms with Crippen LogP contribution in [-0.4, -0.2) is 55.8 Å². The largest absolute Gasteiger partial charge is 0.486 e. The summed E-state index contributed by atoms with van der Waals surface area (Å²) < 4.78 is 6.36. The number of benzene rings is 1. The highest BCUT2D eigenvalue weighted by molar-refractivity contribution is 7.19. The molecule has 10 nitrogen and oxygen atoms in total. The van der Waals surface area contributed by atoms with Gasteiger partial charge in [-0.25, -0.2) is 9.78 Å². The van der Waals surface area contributed by atoms with Gasteiger partial charge < -0.3 is 14.5 Å². The number of nitrogens with zero attached hydrogens (tertiary/aromatic N) is 6. The molecule has 184 valence electrons. The molecule has 2 aliphatic heterocycles. The highest BCUT2D eigenvalue weighted by atomic mass is 35.5. The van der Waals surface area contributed by atoms with Gasteiger partial charge in [-0.3, -0.25) is 4.79 Å². The van der Waals surface area contributed by atoms with Crippen molar-refractivity contribution in [1.29, 1.82) is 0 Å². The third-order valence-corrected chi connectivity index (χ3v) is 7.57. The number of anilines is 1. The summed E-state index contributed by atoms with van der Waals surface area (Å²) in [5.74, 6) is 0.406. The van der Waals surface area contributed by atoms with Crippen molar-refractivity contribution in [2.24, 2.45) is 0 Å².